The van der Waals surface area contributed by atoms with Crippen molar-refractivity contribution in [1.29, 1.82) is 5.26 Å². The number of amides is 1. The van der Waals surface area contributed by atoms with Crippen molar-refractivity contribution in [3.63, 3.8) is 0 Å². The molecular formula is C13H15N3O. The molecule has 0 spiro atoms. The van der Waals surface area contributed by atoms with Crippen molar-refractivity contribution in [3.8, 4) is 6.07 Å². The number of carbonyl (C=O) groups excluding carboxylic acids is 1. The number of nitrogens with zero attached hydrogens (tertiary/aromatic N) is 2. The van der Waals surface area contributed by atoms with E-state index in [1.807, 2.05) is 13.1 Å². The topological polar surface area (TPSA) is 56.1 Å². The largest absolute Gasteiger partial charge is 0.325 e. The van der Waals surface area contributed by atoms with Gasteiger partial charge in [0, 0.05) is 11.7 Å². The highest BCUT2D eigenvalue weighted by molar-refractivity contribution is 5.92. The lowest BCUT2D eigenvalue weighted by molar-refractivity contribution is -0.117. The third-order valence-electron chi connectivity index (χ3n) is 2.86. The number of carbonyl (C=O) groups is 1. The van der Waals surface area contributed by atoms with Crippen molar-refractivity contribution in [3.05, 3.63) is 29.8 Å². The Bertz CT molecular complexity index is 443. The second kappa shape index (κ2) is 4.98. The molecule has 0 aliphatic heterocycles. The maximum atomic E-state index is 11.7. The van der Waals surface area contributed by atoms with Crippen LogP contribution in [0.3, 0.4) is 0 Å². The van der Waals surface area contributed by atoms with E-state index in [4.69, 9.17) is 5.26 Å². The Morgan fingerprint density at radius 3 is 2.65 bits per heavy atom. The monoisotopic (exact) mass is 229 g/mol. The van der Waals surface area contributed by atoms with Gasteiger partial charge in [-0.1, -0.05) is 0 Å². The first-order valence-electron chi connectivity index (χ1n) is 5.69. The van der Waals surface area contributed by atoms with Crippen LogP contribution in [0.4, 0.5) is 5.69 Å². The van der Waals surface area contributed by atoms with E-state index in [1.54, 1.807) is 24.3 Å². The summed E-state index contributed by atoms with van der Waals surface area (Å²) < 4.78 is 0. The average Bonchev–Trinajstić information content (AvgIpc) is 3.13. The summed E-state index contributed by atoms with van der Waals surface area (Å²) in [6.45, 7) is 0.421. The zero-order valence-corrected chi connectivity index (χ0v) is 9.81. The van der Waals surface area contributed by atoms with Crippen LogP contribution < -0.4 is 5.32 Å². The van der Waals surface area contributed by atoms with Gasteiger partial charge in [0.1, 0.15) is 0 Å². The van der Waals surface area contributed by atoms with Crippen molar-refractivity contribution >= 4 is 11.6 Å². The number of hydrogen-bond donors (Lipinski definition) is 1. The average molecular weight is 229 g/mol. The van der Waals surface area contributed by atoms with Gasteiger partial charge in [-0.25, -0.2) is 0 Å². The summed E-state index contributed by atoms with van der Waals surface area (Å²) >= 11 is 0. The number of rotatable bonds is 4. The van der Waals surface area contributed by atoms with E-state index in [9.17, 15) is 4.79 Å². The standard InChI is InChI=1S/C13H15N3O/c1-16(12-6-7-12)9-13(17)15-11-4-2-10(8-14)3-5-11/h2-5,12H,6-7,9H2,1H3,(H,15,17). The maximum Gasteiger partial charge on any atom is 0.238 e. The van der Waals surface area contributed by atoms with E-state index in [0.717, 1.165) is 5.69 Å². The van der Waals surface area contributed by atoms with Crippen molar-refractivity contribution in [2.45, 2.75) is 18.9 Å². The van der Waals surface area contributed by atoms with Crippen molar-refractivity contribution in [2.75, 3.05) is 18.9 Å². The van der Waals surface area contributed by atoms with Gasteiger partial charge >= 0.3 is 0 Å². The minimum absolute atomic E-state index is 0.0101. The van der Waals surface area contributed by atoms with E-state index in [2.05, 4.69) is 10.2 Å². The third kappa shape index (κ3) is 3.30. The van der Waals surface area contributed by atoms with E-state index in [1.165, 1.54) is 12.8 Å². The molecule has 0 atom stereocenters. The molecule has 1 amide bonds. The van der Waals surface area contributed by atoms with Crippen LogP contribution >= 0.6 is 0 Å². The summed E-state index contributed by atoms with van der Waals surface area (Å²) in [5.74, 6) is -0.0101. The molecule has 1 fully saturated rings. The van der Waals surface area contributed by atoms with E-state index >= 15 is 0 Å². The smallest absolute Gasteiger partial charge is 0.238 e. The Morgan fingerprint density at radius 1 is 1.47 bits per heavy atom. The molecule has 1 N–H and O–H groups in total. The summed E-state index contributed by atoms with van der Waals surface area (Å²) in [4.78, 5) is 13.8. The fourth-order valence-corrected chi connectivity index (χ4v) is 1.70. The first-order chi connectivity index (χ1) is 8.19. The van der Waals surface area contributed by atoms with Gasteiger partial charge in [-0.2, -0.15) is 5.26 Å². The molecule has 0 heterocycles. The summed E-state index contributed by atoms with van der Waals surface area (Å²) in [5, 5.41) is 11.5. The lowest BCUT2D eigenvalue weighted by atomic mass is 10.2. The second-order valence-electron chi connectivity index (χ2n) is 4.38. The fourth-order valence-electron chi connectivity index (χ4n) is 1.70. The normalized spacial score (nSPS) is 14.4. The van der Waals surface area contributed by atoms with Gasteiger partial charge in [-0.05, 0) is 44.2 Å². The minimum Gasteiger partial charge on any atom is -0.325 e. The molecule has 0 aromatic heterocycles. The molecule has 0 radical (unpaired) electrons. The van der Waals surface area contributed by atoms with Crippen molar-refractivity contribution < 1.29 is 4.79 Å². The van der Waals surface area contributed by atoms with Gasteiger partial charge in [0.15, 0.2) is 0 Å². The van der Waals surface area contributed by atoms with Crippen LogP contribution in [0.2, 0.25) is 0 Å². The highest BCUT2D eigenvalue weighted by Gasteiger charge is 2.27. The van der Waals surface area contributed by atoms with Crippen LogP contribution in [0.25, 0.3) is 0 Å². The number of hydrogen-bond acceptors (Lipinski definition) is 3. The highest BCUT2D eigenvalue weighted by Crippen LogP contribution is 2.24. The Balaban J connectivity index is 1.86. The summed E-state index contributed by atoms with van der Waals surface area (Å²) in [7, 11) is 1.97. The van der Waals surface area contributed by atoms with Gasteiger partial charge in [0.2, 0.25) is 5.91 Å². The lowest BCUT2D eigenvalue weighted by Gasteiger charge is -2.14. The van der Waals surface area contributed by atoms with Crippen LogP contribution in [0.15, 0.2) is 24.3 Å². The molecule has 1 aliphatic rings. The Morgan fingerprint density at radius 2 is 2.12 bits per heavy atom. The van der Waals surface area contributed by atoms with Crippen LogP contribution in [0.1, 0.15) is 18.4 Å². The number of benzene rings is 1. The molecule has 0 bridgehead atoms. The van der Waals surface area contributed by atoms with Crippen LogP contribution in [0, 0.1) is 11.3 Å². The molecule has 0 unspecified atom stereocenters. The number of nitriles is 1. The van der Waals surface area contributed by atoms with E-state index in [-0.39, 0.29) is 5.91 Å². The molecule has 1 aliphatic carbocycles. The van der Waals surface area contributed by atoms with Crippen LogP contribution in [-0.4, -0.2) is 30.4 Å². The summed E-state index contributed by atoms with van der Waals surface area (Å²) in [6, 6.07) is 9.50. The quantitative estimate of drug-likeness (QED) is 0.853. The molecular weight excluding hydrogens is 214 g/mol. The summed E-state index contributed by atoms with van der Waals surface area (Å²) in [6.07, 6.45) is 2.39. The minimum atomic E-state index is -0.0101. The van der Waals surface area contributed by atoms with Crippen molar-refractivity contribution in [1.82, 2.24) is 4.90 Å². The fraction of sp³-hybridized carbons (Fsp3) is 0.385. The van der Waals surface area contributed by atoms with Gasteiger partial charge in [0.25, 0.3) is 0 Å². The molecule has 4 heteroatoms. The number of likely N-dealkylation sites (N-methyl/N-ethyl adjacent to an activating group) is 1. The molecule has 88 valence electrons. The Labute approximate surface area is 101 Å². The molecule has 0 saturated heterocycles. The molecule has 1 aromatic rings. The van der Waals surface area contributed by atoms with Gasteiger partial charge in [-0.3, -0.25) is 9.69 Å². The second-order valence-corrected chi connectivity index (χ2v) is 4.38. The number of nitrogens with one attached hydrogen (secondary N) is 1. The molecule has 2 rings (SSSR count). The SMILES string of the molecule is CN(CC(=O)Nc1ccc(C#N)cc1)C1CC1. The maximum absolute atomic E-state index is 11.7. The van der Waals surface area contributed by atoms with Gasteiger partial charge in [-0.15, -0.1) is 0 Å². The Hall–Kier alpha value is -1.86. The zero-order valence-electron chi connectivity index (χ0n) is 9.81. The highest BCUT2D eigenvalue weighted by atomic mass is 16.2. The van der Waals surface area contributed by atoms with E-state index in [0.29, 0.717) is 18.2 Å². The molecule has 1 saturated carbocycles. The van der Waals surface area contributed by atoms with Crippen LogP contribution in [-0.2, 0) is 4.79 Å². The third-order valence-corrected chi connectivity index (χ3v) is 2.86. The van der Waals surface area contributed by atoms with Crippen LogP contribution in [0.5, 0.6) is 0 Å². The van der Waals surface area contributed by atoms with Crippen molar-refractivity contribution in [2.24, 2.45) is 0 Å². The molecule has 4 nitrogen and oxygen atoms in total. The zero-order chi connectivity index (χ0) is 12.3. The Kier molecular flexibility index (Phi) is 3.40. The predicted molar refractivity (Wildman–Crippen MR) is 65.4 cm³/mol. The first kappa shape index (κ1) is 11.6. The predicted octanol–water partition coefficient (Wildman–Crippen LogP) is 1.59. The first-order valence-corrected chi connectivity index (χ1v) is 5.69. The number of anilines is 1. The summed E-state index contributed by atoms with van der Waals surface area (Å²) in [5.41, 5.74) is 1.33. The van der Waals surface area contributed by atoms with E-state index < -0.39 is 0 Å². The lowest BCUT2D eigenvalue weighted by Crippen LogP contribution is -2.31. The van der Waals surface area contributed by atoms with Gasteiger partial charge in [0.05, 0.1) is 18.2 Å². The van der Waals surface area contributed by atoms with Gasteiger partial charge < -0.3 is 5.32 Å². The molecule has 1 aromatic carbocycles. The molecule has 17 heavy (non-hydrogen) atoms.